The summed E-state index contributed by atoms with van der Waals surface area (Å²) in [5.74, 6) is 0.722. The van der Waals surface area contributed by atoms with Crippen molar-refractivity contribution >= 4 is 27.5 Å². The SMILES string of the molecule is COc1ccc(CN(C(=O)CCCN(c2cccc(OC)c2)S(C)(=O)=O)[C@H](C)C(=O)NC(C)(C)C)cc1. The first-order valence-electron chi connectivity index (χ1n) is 12.1. The van der Waals surface area contributed by atoms with Gasteiger partial charge >= 0.3 is 0 Å². The van der Waals surface area contributed by atoms with Gasteiger partial charge < -0.3 is 19.7 Å². The third-order valence-corrected chi connectivity index (χ3v) is 6.87. The van der Waals surface area contributed by atoms with Crippen molar-refractivity contribution in [3.05, 3.63) is 54.1 Å². The number of carbonyl (C=O) groups excluding carboxylic acids is 2. The molecule has 0 aromatic heterocycles. The molecule has 0 saturated heterocycles. The molecule has 2 aromatic carbocycles. The molecular weight excluding hydrogens is 494 g/mol. The maximum atomic E-state index is 13.4. The molecule has 0 spiro atoms. The summed E-state index contributed by atoms with van der Waals surface area (Å²) in [5.41, 5.74) is 0.855. The van der Waals surface area contributed by atoms with Crippen molar-refractivity contribution in [2.75, 3.05) is 31.3 Å². The smallest absolute Gasteiger partial charge is 0.242 e. The fourth-order valence-corrected chi connectivity index (χ4v) is 4.71. The van der Waals surface area contributed by atoms with E-state index in [2.05, 4.69) is 5.32 Å². The van der Waals surface area contributed by atoms with Gasteiger partial charge in [0.1, 0.15) is 17.5 Å². The van der Waals surface area contributed by atoms with E-state index < -0.39 is 21.6 Å². The first kappa shape index (κ1) is 30.0. The predicted molar refractivity (Wildman–Crippen MR) is 145 cm³/mol. The number of carbonyl (C=O) groups is 2. The Balaban J connectivity index is 2.20. The van der Waals surface area contributed by atoms with E-state index in [-0.39, 0.29) is 37.7 Å². The van der Waals surface area contributed by atoms with Crippen LogP contribution in [0.3, 0.4) is 0 Å². The van der Waals surface area contributed by atoms with E-state index >= 15 is 0 Å². The van der Waals surface area contributed by atoms with Gasteiger partial charge in [-0.1, -0.05) is 18.2 Å². The number of anilines is 1. The molecule has 0 fully saturated rings. The summed E-state index contributed by atoms with van der Waals surface area (Å²) in [4.78, 5) is 27.8. The second kappa shape index (κ2) is 12.8. The number of methoxy groups -OCH3 is 2. The number of nitrogens with one attached hydrogen (secondary N) is 1. The minimum atomic E-state index is -3.59. The van der Waals surface area contributed by atoms with Gasteiger partial charge in [0.15, 0.2) is 0 Å². The number of rotatable bonds is 12. The van der Waals surface area contributed by atoms with Crippen molar-refractivity contribution in [1.82, 2.24) is 10.2 Å². The zero-order valence-corrected chi connectivity index (χ0v) is 23.6. The molecule has 2 amide bonds. The highest BCUT2D eigenvalue weighted by atomic mass is 32.2. The number of nitrogens with zero attached hydrogens (tertiary/aromatic N) is 2. The van der Waals surface area contributed by atoms with Crippen molar-refractivity contribution in [3.63, 3.8) is 0 Å². The van der Waals surface area contributed by atoms with Crippen molar-refractivity contribution in [2.45, 2.75) is 58.7 Å². The van der Waals surface area contributed by atoms with E-state index in [9.17, 15) is 18.0 Å². The Labute approximate surface area is 220 Å². The normalized spacial score (nSPS) is 12.4. The zero-order chi connectivity index (χ0) is 27.8. The summed E-state index contributed by atoms with van der Waals surface area (Å²) in [6, 6.07) is 13.3. The summed E-state index contributed by atoms with van der Waals surface area (Å²) in [6.45, 7) is 7.67. The van der Waals surface area contributed by atoms with Gasteiger partial charge in [0, 0.05) is 31.1 Å². The van der Waals surface area contributed by atoms with Gasteiger partial charge in [-0.25, -0.2) is 8.42 Å². The monoisotopic (exact) mass is 533 g/mol. The summed E-state index contributed by atoms with van der Waals surface area (Å²) < 4.78 is 36.7. The molecule has 0 aliphatic heterocycles. The number of hydrogen-bond donors (Lipinski definition) is 1. The topological polar surface area (TPSA) is 105 Å². The highest BCUT2D eigenvalue weighted by molar-refractivity contribution is 7.92. The maximum absolute atomic E-state index is 13.4. The van der Waals surface area contributed by atoms with Crippen LogP contribution in [-0.2, 0) is 26.2 Å². The van der Waals surface area contributed by atoms with E-state index in [1.54, 1.807) is 50.4 Å². The summed E-state index contributed by atoms with van der Waals surface area (Å²) in [7, 11) is -0.500. The molecule has 0 aliphatic rings. The fraction of sp³-hybridized carbons (Fsp3) is 0.481. The Hall–Kier alpha value is -3.27. The van der Waals surface area contributed by atoms with Crippen LogP contribution in [-0.4, -0.2) is 63.7 Å². The molecule has 0 aliphatic carbocycles. The molecule has 10 heteroatoms. The molecule has 0 unspecified atom stereocenters. The van der Waals surface area contributed by atoms with Crippen LogP contribution in [0.4, 0.5) is 5.69 Å². The van der Waals surface area contributed by atoms with E-state index in [4.69, 9.17) is 9.47 Å². The lowest BCUT2D eigenvalue weighted by Gasteiger charge is -2.32. The number of hydrogen-bond acceptors (Lipinski definition) is 6. The van der Waals surface area contributed by atoms with Gasteiger partial charge in [0.25, 0.3) is 0 Å². The Morgan fingerprint density at radius 3 is 2.16 bits per heavy atom. The molecule has 2 rings (SSSR count). The first-order valence-corrected chi connectivity index (χ1v) is 14.0. The molecule has 9 nitrogen and oxygen atoms in total. The van der Waals surface area contributed by atoms with Crippen LogP contribution < -0.4 is 19.1 Å². The molecule has 1 N–H and O–H groups in total. The van der Waals surface area contributed by atoms with Crippen LogP contribution in [0.1, 0.15) is 46.1 Å². The van der Waals surface area contributed by atoms with E-state index in [0.717, 1.165) is 11.8 Å². The Morgan fingerprint density at radius 2 is 1.62 bits per heavy atom. The summed E-state index contributed by atoms with van der Waals surface area (Å²) in [5, 5.41) is 2.93. The first-order chi connectivity index (χ1) is 17.2. The number of sulfonamides is 1. The van der Waals surface area contributed by atoms with Crippen LogP contribution in [0.25, 0.3) is 0 Å². The van der Waals surface area contributed by atoms with Crippen molar-refractivity contribution in [1.29, 1.82) is 0 Å². The molecule has 0 bridgehead atoms. The molecule has 1 atom stereocenters. The molecule has 37 heavy (non-hydrogen) atoms. The number of amides is 2. The zero-order valence-electron chi connectivity index (χ0n) is 22.8. The largest absolute Gasteiger partial charge is 0.497 e. The van der Waals surface area contributed by atoms with Gasteiger partial charge in [-0.15, -0.1) is 0 Å². The lowest BCUT2D eigenvalue weighted by molar-refractivity contribution is -0.141. The predicted octanol–water partition coefficient (Wildman–Crippen LogP) is 3.58. The molecular formula is C27H39N3O6S. The standard InChI is InChI=1S/C27H39N3O6S/c1-20(26(32)28-27(2,3)4)29(19-21-13-15-23(35-5)16-14-21)25(31)12-9-17-30(37(7,33)34)22-10-8-11-24(18-22)36-6/h8,10-11,13-16,18,20H,9,12,17,19H2,1-7H3,(H,28,32)/t20-/m1/s1. The second-order valence-electron chi connectivity index (χ2n) is 9.93. The van der Waals surface area contributed by atoms with Crippen LogP contribution >= 0.6 is 0 Å². The van der Waals surface area contributed by atoms with Crippen LogP contribution in [0.15, 0.2) is 48.5 Å². The van der Waals surface area contributed by atoms with Crippen molar-refractivity contribution in [2.24, 2.45) is 0 Å². The van der Waals surface area contributed by atoms with Crippen LogP contribution in [0, 0.1) is 0 Å². The van der Waals surface area contributed by atoms with E-state index in [1.807, 2.05) is 32.9 Å². The minimum absolute atomic E-state index is 0.0687. The van der Waals surface area contributed by atoms with Crippen molar-refractivity contribution < 1.29 is 27.5 Å². The van der Waals surface area contributed by atoms with E-state index in [1.165, 1.54) is 16.3 Å². The Kier molecular flexibility index (Phi) is 10.4. The minimum Gasteiger partial charge on any atom is -0.497 e. The van der Waals surface area contributed by atoms with Gasteiger partial charge in [0.05, 0.1) is 26.2 Å². The third-order valence-electron chi connectivity index (χ3n) is 5.67. The van der Waals surface area contributed by atoms with E-state index in [0.29, 0.717) is 17.2 Å². The fourth-order valence-electron chi connectivity index (χ4n) is 3.75. The van der Waals surface area contributed by atoms with Gasteiger partial charge in [-0.05, 0) is 63.9 Å². The number of benzene rings is 2. The van der Waals surface area contributed by atoms with Gasteiger partial charge in [0.2, 0.25) is 21.8 Å². The highest BCUT2D eigenvalue weighted by Gasteiger charge is 2.28. The van der Waals surface area contributed by atoms with Crippen LogP contribution in [0.2, 0.25) is 0 Å². The second-order valence-corrected chi connectivity index (χ2v) is 11.8. The van der Waals surface area contributed by atoms with Gasteiger partial charge in [-0.2, -0.15) is 0 Å². The maximum Gasteiger partial charge on any atom is 0.242 e. The third kappa shape index (κ3) is 9.27. The average molecular weight is 534 g/mol. The summed E-state index contributed by atoms with van der Waals surface area (Å²) >= 11 is 0. The number of ether oxygens (including phenoxy) is 2. The van der Waals surface area contributed by atoms with Crippen LogP contribution in [0.5, 0.6) is 11.5 Å². The molecule has 0 heterocycles. The highest BCUT2D eigenvalue weighted by Crippen LogP contribution is 2.24. The molecule has 0 radical (unpaired) electrons. The van der Waals surface area contributed by atoms with Crippen molar-refractivity contribution in [3.8, 4) is 11.5 Å². The quantitative estimate of drug-likeness (QED) is 0.447. The Bertz CT molecular complexity index is 1160. The Morgan fingerprint density at radius 1 is 1.00 bits per heavy atom. The average Bonchev–Trinajstić information content (AvgIpc) is 2.83. The van der Waals surface area contributed by atoms with Gasteiger partial charge in [-0.3, -0.25) is 13.9 Å². The molecule has 0 saturated carbocycles. The molecule has 204 valence electrons. The summed E-state index contributed by atoms with van der Waals surface area (Å²) in [6.07, 6.45) is 1.47. The lowest BCUT2D eigenvalue weighted by Crippen LogP contribution is -2.52. The lowest BCUT2D eigenvalue weighted by atomic mass is 10.1. The molecule has 2 aromatic rings.